The van der Waals surface area contributed by atoms with Gasteiger partial charge in [-0.25, -0.2) is 0 Å². The molecule has 37 heavy (non-hydrogen) atoms. The molecule has 0 spiro atoms. The van der Waals surface area contributed by atoms with Crippen molar-refractivity contribution in [2.24, 2.45) is 0 Å². The standard InChI is InChI=1S/C31H33NO5/c1-17(2)24-16-25(20(5)15-26(24)37-7)29(33)27-28(21-9-12-23(36-6)13-10-21)32(31(35)30(27)34)22-11-8-18(3)19(4)14-22/h8-17,28,33H,1-7H3/b29-27+. The van der Waals surface area contributed by atoms with Crippen LogP contribution in [-0.2, 0) is 9.59 Å². The SMILES string of the molecule is COc1ccc(C2/C(=C(\O)c3cc(C(C)C)c(OC)cc3C)C(=O)C(=O)N2c2ccc(C)c(C)c2)cc1. The zero-order chi connectivity index (χ0) is 27.0. The summed E-state index contributed by atoms with van der Waals surface area (Å²) in [5.74, 6) is -0.116. The van der Waals surface area contributed by atoms with Crippen molar-refractivity contribution in [3.8, 4) is 11.5 Å². The van der Waals surface area contributed by atoms with Crippen molar-refractivity contribution in [3.05, 3.63) is 93.6 Å². The van der Waals surface area contributed by atoms with Crippen LogP contribution < -0.4 is 14.4 Å². The van der Waals surface area contributed by atoms with Gasteiger partial charge in [0.15, 0.2) is 0 Å². The van der Waals surface area contributed by atoms with Crippen LogP contribution in [0.15, 0.2) is 60.2 Å². The number of rotatable bonds is 6. The van der Waals surface area contributed by atoms with E-state index in [0.717, 1.165) is 22.3 Å². The monoisotopic (exact) mass is 499 g/mol. The summed E-state index contributed by atoms with van der Waals surface area (Å²) in [5, 5.41) is 11.7. The van der Waals surface area contributed by atoms with Gasteiger partial charge in [0.1, 0.15) is 17.3 Å². The van der Waals surface area contributed by atoms with Gasteiger partial charge in [-0.15, -0.1) is 0 Å². The second-order valence-corrected chi connectivity index (χ2v) is 9.77. The average molecular weight is 500 g/mol. The first-order valence-electron chi connectivity index (χ1n) is 12.3. The van der Waals surface area contributed by atoms with Crippen LogP contribution in [0.4, 0.5) is 5.69 Å². The van der Waals surface area contributed by atoms with Gasteiger partial charge < -0.3 is 14.6 Å². The molecule has 1 unspecified atom stereocenters. The second-order valence-electron chi connectivity index (χ2n) is 9.77. The minimum Gasteiger partial charge on any atom is -0.507 e. The Kier molecular flexibility index (Phi) is 7.12. The van der Waals surface area contributed by atoms with E-state index in [-0.39, 0.29) is 17.3 Å². The number of Topliss-reactive ketones (excluding diaryl/α,β-unsaturated/α-hetero) is 1. The number of aryl methyl sites for hydroxylation is 3. The first-order chi connectivity index (χ1) is 17.6. The van der Waals surface area contributed by atoms with E-state index in [4.69, 9.17) is 9.47 Å². The van der Waals surface area contributed by atoms with E-state index < -0.39 is 17.7 Å². The molecule has 1 saturated heterocycles. The van der Waals surface area contributed by atoms with Crippen molar-refractivity contribution in [3.63, 3.8) is 0 Å². The molecule has 0 aliphatic carbocycles. The molecule has 1 N–H and O–H groups in total. The summed E-state index contributed by atoms with van der Waals surface area (Å²) >= 11 is 0. The Hall–Kier alpha value is -4.06. The van der Waals surface area contributed by atoms with Crippen LogP contribution in [0.3, 0.4) is 0 Å². The molecule has 1 heterocycles. The maximum Gasteiger partial charge on any atom is 0.300 e. The van der Waals surface area contributed by atoms with Crippen LogP contribution in [0.2, 0.25) is 0 Å². The molecule has 3 aromatic carbocycles. The minimum absolute atomic E-state index is 0.0522. The lowest BCUT2D eigenvalue weighted by Crippen LogP contribution is -2.29. The fraction of sp³-hybridized carbons (Fsp3) is 0.290. The molecule has 0 bridgehead atoms. The summed E-state index contributed by atoms with van der Waals surface area (Å²) < 4.78 is 10.9. The molecule has 1 aliphatic rings. The predicted molar refractivity (Wildman–Crippen MR) is 146 cm³/mol. The Morgan fingerprint density at radius 2 is 1.54 bits per heavy atom. The Bertz CT molecular complexity index is 1400. The van der Waals surface area contributed by atoms with E-state index in [1.54, 1.807) is 26.4 Å². The molecule has 6 nitrogen and oxygen atoms in total. The number of ketones is 1. The normalized spacial score (nSPS) is 17.0. The lowest BCUT2D eigenvalue weighted by molar-refractivity contribution is -0.132. The largest absolute Gasteiger partial charge is 0.507 e. The van der Waals surface area contributed by atoms with Crippen molar-refractivity contribution < 1.29 is 24.2 Å². The molecule has 192 valence electrons. The molecule has 0 saturated carbocycles. The van der Waals surface area contributed by atoms with Crippen molar-refractivity contribution in [2.45, 2.75) is 46.6 Å². The van der Waals surface area contributed by atoms with Crippen LogP contribution in [0.5, 0.6) is 11.5 Å². The molecule has 6 heteroatoms. The van der Waals surface area contributed by atoms with Gasteiger partial charge in [-0.1, -0.05) is 32.0 Å². The van der Waals surface area contributed by atoms with Crippen LogP contribution in [0.25, 0.3) is 5.76 Å². The summed E-state index contributed by atoms with van der Waals surface area (Å²) in [6, 6.07) is 15.8. The molecule has 0 radical (unpaired) electrons. The molecule has 1 fully saturated rings. The molecular formula is C31H33NO5. The third kappa shape index (κ3) is 4.59. The lowest BCUT2D eigenvalue weighted by atomic mass is 9.91. The highest BCUT2D eigenvalue weighted by atomic mass is 16.5. The Balaban J connectivity index is 1.99. The summed E-state index contributed by atoms with van der Waals surface area (Å²) in [6.45, 7) is 9.88. The minimum atomic E-state index is -0.808. The van der Waals surface area contributed by atoms with Crippen molar-refractivity contribution in [2.75, 3.05) is 19.1 Å². The number of hydrogen-bond acceptors (Lipinski definition) is 5. The third-order valence-corrected chi connectivity index (χ3v) is 7.10. The summed E-state index contributed by atoms with van der Waals surface area (Å²) in [4.78, 5) is 28.5. The van der Waals surface area contributed by atoms with Crippen LogP contribution in [-0.4, -0.2) is 31.0 Å². The number of ether oxygens (including phenoxy) is 2. The second kappa shape index (κ2) is 10.1. The first-order valence-corrected chi connectivity index (χ1v) is 12.3. The number of hydrogen-bond donors (Lipinski definition) is 1. The molecule has 4 rings (SSSR count). The number of carbonyl (C=O) groups is 2. The van der Waals surface area contributed by atoms with Gasteiger partial charge in [0.05, 0.1) is 25.8 Å². The molecular weight excluding hydrogens is 466 g/mol. The van der Waals surface area contributed by atoms with Crippen LogP contribution >= 0.6 is 0 Å². The van der Waals surface area contributed by atoms with Gasteiger partial charge in [0.2, 0.25) is 0 Å². The summed E-state index contributed by atoms with van der Waals surface area (Å²) in [5.41, 5.74) is 5.56. The van der Waals surface area contributed by atoms with E-state index >= 15 is 0 Å². The highest BCUT2D eigenvalue weighted by molar-refractivity contribution is 6.51. The highest BCUT2D eigenvalue weighted by Gasteiger charge is 2.47. The number of carbonyl (C=O) groups excluding carboxylic acids is 2. The summed E-state index contributed by atoms with van der Waals surface area (Å²) in [7, 11) is 3.19. The first kappa shape index (κ1) is 26.0. The number of methoxy groups -OCH3 is 2. The van der Waals surface area contributed by atoms with Gasteiger partial charge in [-0.2, -0.15) is 0 Å². The Morgan fingerprint density at radius 3 is 2.11 bits per heavy atom. The fourth-order valence-corrected chi connectivity index (χ4v) is 4.80. The average Bonchev–Trinajstić information content (AvgIpc) is 3.15. The molecule has 1 aliphatic heterocycles. The molecule has 1 atom stereocenters. The van der Waals surface area contributed by atoms with E-state index in [2.05, 4.69) is 0 Å². The number of aliphatic hydroxyl groups excluding tert-OH is 1. The number of anilines is 1. The quantitative estimate of drug-likeness (QED) is 0.242. The van der Waals surface area contributed by atoms with Crippen LogP contribution in [0.1, 0.15) is 59.2 Å². The van der Waals surface area contributed by atoms with Gasteiger partial charge >= 0.3 is 0 Å². The predicted octanol–water partition coefficient (Wildman–Crippen LogP) is 6.38. The third-order valence-electron chi connectivity index (χ3n) is 7.10. The molecule has 3 aromatic rings. The topological polar surface area (TPSA) is 76.1 Å². The van der Waals surface area contributed by atoms with E-state index in [1.807, 2.05) is 77.1 Å². The Morgan fingerprint density at radius 1 is 0.865 bits per heavy atom. The molecule has 1 amide bonds. The van der Waals surface area contributed by atoms with Crippen molar-refractivity contribution >= 4 is 23.1 Å². The van der Waals surface area contributed by atoms with Crippen molar-refractivity contribution in [1.29, 1.82) is 0 Å². The van der Waals surface area contributed by atoms with Gasteiger partial charge in [-0.3, -0.25) is 14.5 Å². The zero-order valence-electron chi connectivity index (χ0n) is 22.4. The van der Waals surface area contributed by atoms with E-state index in [0.29, 0.717) is 28.3 Å². The van der Waals surface area contributed by atoms with Gasteiger partial charge in [0.25, 0.3) is 11.7 Å². The van der Waals surface area contributed by atoms with E-state index in [1.165, 1.54) is 4.90 Å². The Labute approximate surface area is 218 Å². The summed E-state index contributed by atoms with van der Waals surface area (Å²) in [6.07, 6.45) is 0. The fourth-order valence-electron chi connectivity index (χ4n) is 4.80. The lowest BCUT2D eigenvalue weighted by Gasteiger charge is -2.26. The maximum atomic E-state index is 13.6. The number of amides is 1. The number of aliphatic hydroxyl groups is 1. The number of benzene rings is 3. The zero-order valence-corrected chi connectivity index (χ0v) is 22.4. The smallest absolute Gasteiger partial charge is 0.300 e. The maximum absolute atomic E-state index is 13.6. The highest BCUT2D eigenvalue weighted by Crippen LogP contribution is 2.44. The van der Waals surface area contributed by atoms with E-state index in [9.17, 15) is 14.7 Å². The molecule has 0 aromatic heterocycles. The number of nitrogens with zero attached hydrogens (tertiary/aromatic N) is 1. The van der Waals surface area contributed by atoms with Crippen molar-refractivity contribution in [1.82, 2.24) is 0 Å². The van der Waals surface area contributed by atoms with Gasteiger partial charge in [-0.05, 0) is 90.9 Å². The van der Waals surface area contributed by atoms with Crippen LogP contribution in [0, 0.1) is 20.8 Å². The van der Waals surface area contributed by atoms with Gasteiger partial charge in [0, 0.05) is 11.3 Å².